The van der Waals surface area contributed by atoms with Crippen molar-refractivity contribution in [1.82, 2.24) is 4.98 Å². The Kier molecular flexibility index (Phi) is 5.52. The minimum Gasteiger partial charge on any atom is -0.478 e. The topological polar surface area (TPSA) is 53.4 Å². The predicted octanol–water partition coefficient (Wildman–Crippen LogP) is 4.82. The zero-order valence-corrected chi connectivity index (χ0v) is 16.3. The molecule has 2 aromatic rings. The van der Waals surface area contributed by atoms with Crippen molar-refractivity contribution in [2.45, 2.75) is 40.0 Å². The monoisotopic (exact) mass is 372 g/mol. The van der Waals surface area contributed by atoms with Gasteiger partial charge in [-0.3, -0.25) is 0 Å². The SMILES string of the molecule is Cc1cc(C)c(C(=O)O)c(C)c1CC1CCN(c2ncccc2Cl)CC1. The number of halogens is 1. The van der Waals surface area contributed by atoms with E-state index in [1.165, 1.54) is 11.1 Å². The molecule has 2 heterocycles. The van der Waals surface area contributed by atoms with Crippen molar-refractivity contribution in [1.29, 1.82) is 0 Å². The number of carbonyl (C=O) groups is 1. The van der Waals surface area contributed by atoms with Gasteiger partial charge in [0.05, 0.1) is 10.6 Å². The Labute approximate surface area is 159 Å². The van der Waals surface area contributed by atoms with E-state index in [1.54, 1.807) is 6.20 Å². The molecule has 1 saturated heterocycles. The molecule has 1 fully saturated rings. The van der Waals surface area contributed by atoms with E-state index >= 15 is 0 Å². The summed E-state index contributed by atoms with van der Waals surface area (Å²) in [7, 11) is 0. The second kappa shape index (κ2) is 7.67. The van der Waals surface area contributed by atoms with Crippen LogP contribution in [0.5, 0.6) is 0 Å². The maximum Gasteiger partial charge on any atom is 0.336 e. The van der Waals surface area contributed by atoms with Gasteiger partial charge in [-0.15, -0.1) is 0 Å². The molecule has 5 heteroatoms. The molecule has 0 saturated carbocycles. The molecule has 1 aromatic carbocycles. The van der Waals surface area contributed by atoms with Gasteiger partial charge in [0.1, 0.15) is 5.82 Å². The molecular formula is C21H25ClN2O2. The molecule has 0 unspecified atom stereocenters. The van der Waals surface area contributed by atoms with Crippen molar-refractivity contribution < 1.29 is 9.90 Å². The van der Waals surface area contributed by atoms with Crippen LogP contribution in [0.4, 0.5) is 5.82 Å². The molecule has 0 spiro atoms. The van der Waals surface area contributed by atoms with Crippen LogP contribution in [0.2, 0.25) is 5.02 Å². The molecule has 0 amide bonds. The highest BCUT2D eigenvalue weighted by atomic mass is 35.5. The quantitative estimate of drug-likeness (QED) is 0.836. The fourth-order valence-corrected chi connectivity index (χ4v) is 4.36. The summed E-state index contributed by atoms with van der Waals surface area (Å²) in [5.41, 5.74) is 4.62. The second-order valence-electron chi connectivity index (χ2n) is 7.24. The summed E-state index contributed by atoms with van der Waals surface area (Å²) in [5, 5.41) is 10.2. The van der Waals surface area contributed by atoms with Crippen molar-refractivity contribution in [2.24, 2.45) is 5.92 Å². The van der Waals surface area contributed by atoms with Crippen LogP contribution >= 0.6 is 11.6 Å². The van der Waals surface area contributed by atoms with E-state index in [-0.39, 0.29) is 0 Å². The lowest BCUT2D eigenvalue weighted by atomic mass is 9.84. The van der Waals surface area contributed by atoms with Gasteiger partial charge in [0.25, 0.3) is 0 Å². The van der Waals surface area contributed by atoms with Crippen LogP contribution in [0.3, 0.4) is 0 Å². The number of rotatable bonds is 4. The van der Waals surface area contributed by atoms with Crippen LogP contribution in [0.15, 0.2) is 24.4 Å². The van der Waals surface area contributed by atoms with Crippen molar-refractivity contribution in [3.05, 3.63) is 57.2 Å². The first kappa shape index (κ1) is 18.7. The maximum atomic E-state index is 11.6. The summed E-state index contributed by atoms with van der Waals surface area (Å²) in [5.74, 6) is 0.583. The van der Waals surface area contributed by atoms with E-state index in [0.717, 1.165) is 49.3 Å². The van der Waals surface area contributed by atoms with Gasteiger partial charge in [-0.2, -0.15) is 0 Å². The average Bonchev–Trinajstić information content (AvgIpc) is 2.59. The normalized spacial score (nSPS) is 15.3. The summed E-state index contributed by atoms with van der Waals surface area (Å²) in [6, 6.07) is 5.73. The second-order valence-corrected chi connectivity index (χ2v) is 7.64. The number of aromatic carboxylic acids is 1. The Bertz CT molecular complexity index is 827. The molecule has 0 atom stereocenters. The molecule has 0 bridgehead atoms. The number of carboxylic acid groups (broad SMARTS) is 1. The Morgan fingerprint density at radius 3 is 2.58 bits per heavy atom. The molecule has 138 valence electrons. The van der Waals surface area contributed by atoms with Gasteiger partial charge in [-0.05, 0) is 80.3 Å². The van der Waals surface area contributed by atoms with Gasteiger partial charge >= 0.3 is 5.97 Å². The first-order valence-electron chi connectivity index (χ1n) is 9.07. The average molecular weight is 373 g/mol. The molecule has 26 heavy (non-hydrogen) atoms. The van der Waals surface area contributed by atoms with Gasteiger partial charge in [-0.25, -0.2) is 9.78 Å². The minimum atomic E-state index is -0.833. The van der Waals surface area contributed by atoms with Gasteiger partial charge in [0.15, 0.2) is 0 Å². The van der Waals surface area contributed by atoms with E-state index in [1.807, 2.05) is 32.0 Å². The van der Waals surface area contributed by atoms with E-state index in [0.29, 0.717) is 16.5 Å². The number of aryl methyl sites for hydroxylation is 2. The number of nitrogens with zero attached hydrogens (tertiary/aromatic N) is 2. The highest BCUT2D eigenvalue weighted by Gasteiger charge is 2.24. The molecule has 0 aliphatic carbocycles. The molecular weight excluding hydrogens is 348 g/mol. The van der Waals surface area contributed by atoms with Gasteiger partial charge in [-0.1, -0.05) is 17.7 Å². The zero-order valence-electron chi connectivity index (χ0n) is 15.6. The third-order valence-electron chi connectivity index (χ3n) is 5.49. The molecule has 1 aromatic heterocycles. The number of carboxylic acids is 1. The first-order valence-corrected chi connectivity index (χ1v) is 9.44. The Hall–Kier alpha value is -2.07. The first-order chi connectivity index (χ1) is 12.4. The van der Waals surface area contributed by atoms with Crippen molar-refractivity contribution in [2.75, 3.05) is 18.0 Å². The summed E-state index contributed by atoms with van der Waals surface area (Å²) in [6.07, 6.45) is 4.83. The number of benzene rings is 1. The lowest BCUT2D eigenvalue weighted by molar-refractivity contribution is 0.0695. The summed E-state index contributed by atoms with van der Waals surface area (Å²) in [4.78, 5) is 18.3. The fraction of sp³-hybridized carbons (Fsp3) is 0.429. The molecule has 1 aliphatic rings. The Morgan fingerprint density at radius 2 is 1.96 bits per heavy atom. The van der Waals surface area contributed by atoms with Gasteiger partial charge < -0.3 is 10.0 Å². The highest BCUT2D eigenvalue weighted by Crippen LogP contribution is 2.31. The molecule has 0 radical (unpaired) electrons. The zero-order chi connectivity index (χ0) is 18.8. The van der Waals surface area contributed by atoms with Crippen LogP contribution in [0, 0.1) is 26.7 Å². The largest absolute Gasteiger partial charge is 0.478 e. The van der Waals surface area contributed by atoms with Gasteiger partial charge in [0, 0.05) is 19.3 Å². The summed E-state index contributed by atoms with van der Waals surface area (Å²) >= 11 is 6.27. The number of piperidine rings is 1. The Morgan fingerprint density at radius 1 is 1.27 bits per heavy atom. The highest BCUT2D eigenvalue weighted by molar-refractivity contribution is 6.32. The molecule has 3 rings (SSSR count). The standard InChI is InChI=1S/C21H25ClN2O2/c1-13-11-14(2)19(21(25)26)15(3)17(13)12-16-6-9-24(10-7-16)20-18(22)5-4-8-23-20/h4-5,8,11,16H,6-7,9-10,12H2,1-3H3,(H,25,26). The molecule has 4 nitrogen and oxygen atoms in total. The van der Waals surface area contributed by atoms with Crippen LogP contribution in [0.1, 0.15) is 45.5 Å². The molecule has 1 N–H and O–H groups in total. The summed E-state index contributed by atoms with van der Waals surface area (Å²) < 4.78 is 0. The Balaban J connectivity index is 1.73. The van der Waals surface area contributed by atoms with Crippen LogP contribution < -0.4 is 4.90 Å². The van der Waals surface area contributed by atoms with Crippen molar-refractivity contribution in [3.63, 3.8) is 0 Å². The van der Waals surface area contributed by atoms with E-state index in [9.17, 15) is 9.90 Å². The fourth-order valence-electron chi connectivity index (χ4n) is 4.12. The predicted molar refractivity (Wildman–Crippen MR) is 106 cm³/mol. The number of hydrogen-bond acceptors (Lipinski definition) is 3. The van der Waals surface area contributed by atoms with Crippen LogP contribution in [-0.2, 0) is 6.42 Å². The van der Waals surface area contributed by atoms with Crippen LogP contribution in [0.25, 0.3) is 0 Å². The number of anilines is 1. The molecule has 1 aliphatic heterocycles. The van der Waals surface area contributed by atoms with Crippen LogP contribution in [-0.4, -0.2) is 29.1 Å². The third-order valence-corrected chi connectivity index (χ3v) is 5.79. The number of aromatic nitrogens is 1. The van der Waals surface area contributed by atoms with Gasteiger partial charge in [0.2, 0.25) is 0 Å². The van der Waals surface area contributed by atoms with Crippen molar-refractivity contribution >= 4 is 23.4 Å². The lowest BCUT2D eigenvalue weighted by Crippen LogP contribution is -2.35. The van der Waals surface area contributed by atoms with E-state index in [2.05, 4.69) is 16.8 Å². The van der Waals surface area contributed by atoms with E-state index in [4.69, 9.17) is 11.6 Å². The number of pyridine rings is 1. The smallest absolute Gasteiger partial charge is 0.336 e. The maximum absolute atomic E-state index is 11.6. The summed E-state index contributed by atoms with van der Waals surface area (Å²) in [6.45, 7) is 7.77. The lowest BCUT2D eigenvalue weighted by Gasteiger charge is -2.33. The minimum absolute atomic E-state index is 0.461. The van der Waals surface area contributed by atoms with Crippen molar-refractivity contribution in [3.8, 4) is 0 Å². The third kappa shape index (κ3) is 3.70. The number of hydrogen-bond donors (Lipinski definition) is 1. The van der Waals surface area contributed by atoms with E-state index < -0.39 is 5.97 Å².